The average molecular weight is 414 g/mol. The van der Waals surface area contributed by atoms with Crippen LogP contribution < -0.4 is 10.1 Å². The fourth-order valence-corrected chi connectivity index (χ4v) is 3.84. The van der Waals surface area contributed by atoms with E-state index >= 15 is 0 Å². The van der Waals surface area contributed by atoms with Crippen molar-refractivity contribution >= 4 is 17.7 Å². The van der Waals surface area contributed by atoms with Crippen LogP contribution in [-0.2, 0) is 16.8 Å². The van der Waals surface area contributed by atoms with Crippen molar-refractivity contribution in [1.29, 1.82) is 0 Å². The van der Waals surface area contributed by atoms with Crippen LogP contribution in [0.1, 0.15) is 21.5 Å². The van der Waals surface area contributed by atoms with Gasteiger partial charge in [-0.1, -0.05) is 72.8 Å². The van der Waals surface area contributed by atoms with Gasteiger partial charge in [-0.25, -0.2) is 4.79 Å². The molecule has 0 bridgehead atoms. The number of imide groups is 1. The van der Waals surface area contributed by atoms with Crippen molar-refractivity contribution in [3.05, 3.63) is 102 Å². The van der Waals surface area contributed by atoms with Gasteiger partial charge in [0.15, 0.2) is 11.3 Å². The monoisotopic (exact) mass is 414 g/mol. The van der Waals surface area contributed by atoms with Gasteiger partial charge in [-0.15, -0.1) is 0 Å². The third kappa shape index (κ3) is 3.92. The zero-order valence-electron chi connectivity index (χ0n) is 17.1. The van der Waals surface area contributed by atoms with Gasteiger partial charge in [0.1, 0.15) is 5.75 Å². The number of urea groups is 1. The quantitative estimate of drug-likeness (QED) is 0.474. The second-order valence-corrected chi connectivity index (χ2v) is 7.41. The van der Waals surface area contributed by atoms with Crippen molar-refractivity contribution in [3.63, 3.8) is 0 Å². The largest absolute Gasteiger partial charge is 0.497 e. The standard InChI is InChI=1S/C25H22N2O4/c1-31-21-14-8-11-19(15-21)22(28)17-27-23(29)25(26-24(27)30,20-12-6-3-7-13-20)16-18-9-4-2-5-10-18/h2-15H,16-17H2,1H3,(H,26,30). The molecule has 1 saturated heterocycles. The first kappa shape index (κ1) is 20.3. The molecule has 1 aliphatic heterocycles. The number of nitrogens with one attached hydrogen (secondary N) is 1. The van der Waals surface area contributed by atoms with Crippen LogP contribution >= 0.6 is 0 Å². The highest BCUT2D eigenvalue weighted by molar-refractivity contribution is 6.11. The van der Waals surface area contributed by atoms with Gasteiger partial charge >= 0.3 is 6.03 Å². The summed E-state index contributed by atoms with van der Waals surface area (Å²) in [6.45, 7) is -0.346. The first-order chi connectivity index (χ1) is 15.0. The van der Waals surface area contributed by atoms with Crippen LogP contribution in [-0.4, -0.2) is 36.3 Å². The van der Waals surface area contributed by atoms with E-state index in [-0.39, 0.29) is 18.7 Å². The highest BCUT2D eigenvalue weighted by atomic mass is 16.5. The Bertz CT molecular complexity index is 1110. The Morgan fingerprint density at radius 1 is 0.935 bits per heavy atom. The molecule has 0 spiro atoms. The van der Waals surface area contributed by atoms with Crippen molar-refractivity contribution in [3.8, 4) is 5.75 Å². The molecule has 6 nitrogen and oxygen atoms in total. The summed E-state index contributed by atoms with van der Waals surface area (Å²) in [7, 11) is 1.51. The smallest absolute Gasteiger partial charge is 0.325 e. The number of amides is 3. The van der Waals surface area contributed by atoms with Gasteiger partial charge in [0.05, 0.1) is 13.7 Å². The first-order valence-electron chi connectivity index (χ1n) is 9.94. The van der Waals surface area contributed by atoms with Gasteiger partial charge in [0, 0.05) is 12.0 Å². The number of ether oxygens (including phenoxy) is 1. The molecule has 1 fully saturated rings. The summed E-state index contributed by atoms with van der Waals surface area (Å²) in [6, 6.07) is 24.7. The molecule has 1 aliphatic rings. The molecule has 6 heteroatoms. The van der Waals surface area contributed by atoms with Crippen LogP contribution in [0.3, 0.4) is 0 Å². The molecular formula is C25H22N2O4. The van der Waals surface area contributed by atoms with E-state index < -0.39 is 17.5 Å². The SMILES string of the molecule is COc1cccc(C(=O)CN2C(=O)NC(Cc3ccccc3)(c3ccccc3)C2=O)c1. The van der Waals surface area contributed by atoms with Crippen molar-refractivity contribution in [2.24, 2.45) is 0 Å². The Morgan fingerprint density at radius 2 is 1.61 bits per heavy atom. The molecular weight excluding hydrogens is 392 g/mol. The molecule has 3 amide bonds. The van der Waals surface area contributed by atoms with Gasteiger partial charge < -0.3 is 10.1 Å². The lowest BCUT2D eigenvalue weighted by Crippen LogP contribution is -2.46. The molecule has 1 N–H and O–H groups in total. The van der Waals surface area contributed by atoms with E-state index in [4.69, 9.17) is 4.74 Å². The maximum Gasteiger partial charge on any atom is 0.325 e. The van der Waals surface area contributed by atoms with Gasteiger partial charge in [-0.2, -0.15) is 0 Å². The predicted octanol–water partition coefficient (Wildman–Crippen LogP) is 3.57. The topological polar surface area (TPSA) is 75.7 Å². The number of carbonyl (C=O) groups excluding carboxylic acids is 3. The Hall–Kier alpha value is -3.93. The molecule has 0 aromatic heterocycles. The number of hydrogen-bond donors (Lipinski definition) is 1. The van der Waals surface area contributed by atoms with Gasteiger partial charge in [-0.05, 0) is 23.3 Å². The van der Waals surface area contributed by atoms with E-state index in [0.717, 1.165) is 10.5 Å². The van der Waals surface area contributed by atoms with Crippen LogP contribution in [0.5, 0.6) is 5.75 Å². The zero-order valence-corrected chi connectivity index (χ0v) is 17.1. The fraction of sp³-hybridized carbons (Fsp3) is 0.160. The summed E-state index contributed by atoms with van der Waals surface area (Å²) in [5, 5.41) is 2.87. The molecule has 1 unspecified atom stereocenters. The van der Waals surface area contributed by atoms with E-state index in [9.17, 15) is 14.4 Å². The predicted molar refractivity (Wildman–Crippen MR) is 116 cm³/mol. The second-order valence-electron chi connectivity index (χ2n) is 7.41. The molecule has 156 valence electrons. The van der Waals surface area contributed by atoms with Crippen molar-refractivity contribution in [1.82, 2.24) is 10.2 Å². The van der Waals surface area contributed by atoms with Crippen LogP contribution in [0.15, 0.2) is 84.9 Å². The van der Waals surface area contributed by atoms with Gasteiger partial charge in [-0.3, -0.25) is 14.5 Å². The highest BCUT2D eigenvalue weighted by Crippen LogP contribution is 2.33. The Labute approximate surface area is 180 Å². The van der Waals surface area contributed by atoms with Crippen LogP contribution in [0, 0.1) is 0 Å². The molecule has 4 rings (SSSR count). The zero-order chi connectivity index (χ0) is 21.8. The van der Waals surface area contributed by atoms with Crippen LogP contribution in [0.25, 0.3) is 0 Å². The van der Waals surface area contributed by atoms with Crippen molar-refractivity contribution < 1.29 is 19.1 Å². The lowest BCUT2D eigenvalue weighted by atomic mass is 9.83. The minimum absolute atomic E-state index is 0.284. The Balaban J connectivity index is 1.66. The summed E-state index contributed by atoms with van der Waals surface area (Å²) >= 11 is 0. The summed E-state index contributed by atoms with van der Waals surface area (Å²) in [4.78, 5) is 40.3. The van der Waals surface area contributed by atoms with E-state index in [1.807, 2.05) is 60.7 Å². The summed E-state index contributed by atoms with van der Waals surface area (Å²) in [5.41, 5.74) is 0.684. The first-order valence-corrected chi connectivity index (χ1v) is 9.94. The summed E-state index contributed by atoms with van der Waals surface area (Å²) in [6.07, 6.45) is 0.284. The number of nitrogens with zero attached hydrogens (tertiary/aromatic N) is 1. The molecule has 1 atom stereocenters. The molecule has 3 aromatic rings. The number of methoxy groups -OCH3 is 1. The maximum absolute atomic E-state index is 13.6. The maximum atomic E-state index is 13.6. The average Bonchev–Trinajstić information content (AvgIpc) is 3.05. The molecule has 0 saturated carbocycles. The number of benzene rings is 3. The highest BCUT2D eigenvalue weighted by Gasteiger charge is 2.52. The summed E-state index contributed by atoms with van der Waals surface area (Å²) in [5.74, 6) is -0.250. The third-order valence-corrected chi connectivity index (χ3v) is 5.45. The normalized spacial score (nSPS) is 18.0. The molecule has 3 aromatic carbocycles. The van der Waals surface area contributed by atoms with E-state index in [1.54, 1.807) is 24.3 Å². The molecule has 31 heavy (non-hydrogen) atoms. The van der Waals surface area contributed by atoms with E-state index in [0.29, 0.717) is 16.9 Å². The van der Waals surface area contributed by atoms with Crippen LogP contribution in [0.4, 0.5) is 4.79 Å². The van der Waals surface area contributed by atoms with Crippen LogP contribution in [0.2, 0.25) is 0 Å². The summed E-state index contributed by atoms with van der Waals surface area (Å²) < 4.78 is 5.16. The number of hydrogen-bond acceptors (Lipinski definition) is 4. The number of Topliss-reactive ketones (excluding diaryl/α,β-unsaturated/α-hetero) is 1. The second kappa shape index (κ2) is 8.44. The Morgan fingerprint density at radius 3 is 2.29 bits per heavy atom. The minimum Gasteiger partial charge on any atom is -0.497 e. The molecule has 0 aliphatic carbocycles. The van der Waals surface area contributed by atoms with Crippen molar-refractivity contribution in [2.45, 2.75) is 12.0 Å². The number of carbonyl (C=O) groups is 3. The lowest BCUT2D eigenvalue weighted by Gasteiger charge is -2.27. The lowest BCUT2D eigenvalue weighted by molar-refractivity contribution is -0.131. The molecule has 1 heterocycles. The van der Waals surface area contributed by atoms with Gasteiger partial charge in [0.2, 0.25) is 0 Å². The molecule has 0 radical (unpaired) electrons. The van der Waals surface area contributed by atoms with Crippen molar-refractivity contribution in [2.75, 3.05) is 13.7 Å². The fourth-order valence-electron chi connectivity index (χ4n) is 3.84. The number of rotatable bonds is 7. The Kier molecular flexibility index (Phi) is 5.54. The van der Waals surface area contributed by atoms with E-state index in [2.05, 4.69) is 5.32 Å². The third-order valence-electron chi connectivity index (χ3n) is 5.45. The van der Waals surface area contributed by atoms with Gasteiger partial charge in [0.25, 0.3) is 5.91 Å². The number of ketones is 1. The van der Waals surface area contributed by atoms with E-state index in [1.165, 1.54) is 7.11 Å². The minimum atomic E-state index is -1.27.